The third kappa shape index (κ3) is 10.4. The number of carbonyl (C=O) groups is 2. The van der Waals surface area contributed by atoms with Crippen LogP contribution in [0.1, 0.15) is 87.0 Å². The summed E-state index contributed by atoms with van der Waals surface area (Å²) in [4.78, 5) is 26.0. The summed E-state index contributed by atoms with van der Waals surface area (Å²) in [6, 6.07) is 25.1. The first-order valence-electron chi connectivity index (χ1n) is 17.8. The number of amides is 2. The average molecular weight is 672 g/mol. The predicted octanol–water partition coefficient (Wildman–Crippen LogP) is 6.06. The number of ether oxygens (including phenoxy) is 3. The Bertz CT molecular complexity index is 1500. The molecule has 3 aromatic rings. The molecule has 264 valence electrons. The van der Waals surface area contributed by atoms with Gasteiger partial charge in [-0.25, -0.2) is 0 Å². The van der Waals surface area contributed by atoms with Crippen LogP contribution < -0.4 is 10.6 Å². The number of rotatable bonds is 16. The van der Waals surface area contributed by atoms with Gasteiger partial charge in [0.15, 0.2) is 6.29 Å². The third-order valence-electron chi connectivity index (χ3n) is 9.76. The molecule has 2 amide bonds. The maximum absolute atomic E-state index is 12.5. The predicted molar refractivity (Wildman–Crippen MR) is 190 cm³/mol. The minimum absolute atomic E-state index is 0.00799. The van der Waals surface area contributed by atoms with Gasteiger partial charge in [-0.1, -0.05) is 74.0 Å². The quantitative estimate of drug-likeness (QED) is 0.159. The summed E-state index contributed by atoms with van der Waals surface area (Å²) < 4.78 is 19.1. The Kier molecular flexibility index (Phi) is 13.8. The van der Waals surface area contributed by atoms with Gasteiger partial charge in [0.25, 0.3) is 0 Å². The van der Waals surface area contributed by atoms with Gasteiger partial charge in [-0.15, -0.1) is 0 Å². The molecule has 2 aliphatic rings. The van der Waals surface area contributed by atoms with E-state index in [1.54, 1.807) is 7.11 Å². The molecule has 5 atom stereocenters. The van der Waals surface area contributed by atoms with Crippen molar-refractivity contribution in [2.45, 2.75) is 90.1 Å². The number of methoxy groups -OCH3 is 1. The first kappa shape index (κ1) is 36.7. The summed E-state index contributed by atoms with van der Waals surface area (Å²) in [5.41, 5.74) is 6.05. The number of hydrogen-bond donors (Lipinski definition) is 3. The second-order valence-electron chi connectivity index (χ2n) is 13.5. The number of likely N-dealkylation sites (tertiary alicyclic amines) is 1. The molecule has 9 heteroatoms. The van der Waals surface area contributed by atoms with Crippen molar-refractivity contribution in [2.24, 2.45) is 5.92 Å². The standard InChI is InChI=1S/C40H53N3O6/c1-28-37(25-43-21-9-14-36(43)27-47-3)48-40(49-39(28)32-18-16-30(26-44)17-19-32)35-13-8-12-34(23-35)33-11-7-10-31(22-33)24-42-38(46)15-5-4-6-20-41-29(2)45/h7-8,10-13,16-19,22-23,28,36-37,39-40,44H,4-6,9,14-15,20-21,24-27H2,1-3H3,(H,41,45)(H,42,46). The smallest absolute Gasteiger partial charge is 0.220 e. The topological polar surface area (TPSA) is 109 Å². The number of hydrogen-bond acceptors (Lipinski definition) is 7. The Morgan fingerprint density at radius 1 is 0.918 bits per heavy atom. The van der Waals surface area contributed by atoms with Gasteiger partial charge in [0.1, 0.15) is 0 Å². The van der Waals surface area contributed by atoms with Crippen molar-refractivity contribution in [3.05, 3.63) is 95.1 Å². The van der Waals surface area contributed by atoms with E-state index < -0.39 is 6.29 Å². The average Bonchev–Trinajstić information content (AvgIpc) is 3.56. The highest BCUT2D eigenvalue weighted by Crippen LogP contribution is 2.43. The molecule has 9 nitrogen and oxygen atoms in total. The van der Waals surface area contributed by atoms with Crippen molar-refractivity contribution in [3.8, 4) is 11.1 Å². The number of nitrogens with zero attached hydrogens (tertiary/aromatic N) is 1. The summed E-state index contributed by atoms with van der Waals surface area (Å²) >= 11 is 0. The van der Waals surface area contributed by atoms with Crippen molar-refractivity contribution in [1.82, 2.24) is 15.5 Å². The van der Waals surface area contributed by atoms with E-state index in [0.717, 1.165) is 85.2 Å². The fraction of sp³-hybridized carbons (Fsp3) is 0.500. The van der Waals surface area contributed by atoms with E-state index in [1.807, 2.05) is 30.3 Å². The van der Waals surface area contributed by atoms with Gasteiger partial charge >= 0.3 is 0 Å². The first-order valence-corrected chi connectivity index (χ1v) is 17.8. The normalized spacial score (nSPS) is 22.6. The van der Waals surface area contributed by atoms with Crippen molar-refractivity contribution in [3.63, 3.8) is 0 Å². The molecule has 0 radical (unpaired) electrons. The number of unbranched alkanes of at least 4 members (excludes halogenated alkanes) is 2. The van der Waals surface area contributed by atoms with Crippen molar-refractivity contribution >= 4 is 11.8 Å². The first-order chi connectivity index (χ1) is 23.8. The van der Waals surface area contributed by atoms with Gasteiger partial charge in [0, 0.05) is 57.6 Å². The Morgan fingerprint density at radius 3 is 2.45 bits per heavy atom. The fourth-order valence-electron chi connectivity index (χ4n) is 6.94. The van der Waals surface area contributed by atoms with Crippen molar-refractivity contribution in [2.75, 3.05) is 33.4 Å². The number of benzene rings is 3. The lowest BCUT2D eigenvalue weighted by Crippen LogP contribution is -2.46. The number of aliphatic hydroxyl groups is 1. The molecule has 0 bridgehead atoms. The van der Waals surface area contributed by atoms with Crippen molar-refractivity contribution in [1.29, 1.82) is 0 Å². The Morgan fingerprint density at radius 2 is 1.69 bits per heavy atom. The van der Waals surface area contributed by atoms with Crippen LogP contribution in [0.15, 0.2) is 72.8 Å². The maximum Gasteiger partial charge on any atom is 0.220 e. The minimum atomic E-state index is -0.548. The second-order valence-corrected chi connectivity index (χ2v) is 13.5. The van der Waals surface area contributed by atoms with Gasteiger partial charge in [-0.2, -0.15) is 0 Å². The number of aliphatic hydroxyl groups excluding tert-OH is 1. The van der Waals surface area contributed by atoms with Crippen LogP contribution in [-0.2, 0) is 37.0 Å². The van der Waals surface area contributed by atoms with E-state index in [-0.39, 0.29) is 36.5 Å². The van der Waals surface area contributed by atoms with E-state index in [9.17, 15) is 14.7 Å². The van der Waals surface area contributed by atoms with Crippen LogP contribution in [0.3, 0.4) is 0 Å². The highest BCUT2D eigenvalue weighted by atomic mass is 16.7. The van der Waals surface area contributed by atoms with Gasteiger partial charge in [-0.05, 0) is 72.2 Å². The van der Waals surface area contributed by atoms with Crippen LogP contribution in [0, 0.1) is 5.92 Å². The zero-order chi connectivity index (χ0) is 34.6. The molecule has 0 spiro atoms. The highest BCUT2D eigenvalue weighted by molar-refractivity contribution is 5.76. The summed E-state index contributed by atoms with van der Waals surface area (Å²) in [6.07, 6.45) is 4.56. The molecule has 2 fully saturated rings. The lowest BCUT2D eigenvalue weighted by Gasteiger charge is -2.43. The summed E-state index contributed by atoms with van der Waals surface area (Å²) in [5, 5.41) is 15.5. The van der Waals surface area contributed by atoms with Crippen molar-refractivity contribution < 1.29 is 28.9 Å². The third-order valence-corrected chi connectivity index (χ3v) is 9.76. The van der Waals surface area contributed by atoms with Gasteiger partial charge in [-0.3, -0.25) is 14.5 Å². The molecular weight excluding hydrogens is 618 g/mol. The zero-order valence-corrected chi connectivity index (χ0v) is 29.2. The SMILES string of the molecule is COCC1CCCN1CC1OC(c2cccc(-c3cccc(CNC(=O)CCCCCNC(C)=O)c3)c2)OC(c2ccc(CO)cc2)C1C. The Labute approximate surface area is 291 Å². The highest BCUT2D eigenvalue weighted by Gasteiger charge is 2.40. The molecule has 5 rings (SSSR count). The second kappa shape index (κ2) is 18.4. The van der Waals surface area contributed by atoms with E-state index >= 15 is 0 Å². The molecule has 3 aromatic carbocycles. The summed E-state index contributed by atoms with van der Waals surface area (Å²) in [7, 11) is 1.77. The Hall–Kier alpha value is -3.60. The van der Waals surface area contributed by atoms with Gasteiger partial charge in [0.2, 0.25) is 11.8 Å². The lowest BCUT2D eigenvalue weighted by molar-refractivity contribution is -0.276. The maximum atomic E-state index is 12.5. The molecule has 0 saturated carbocycles. The molecule has 0 aromatic heterocycles. The largest absolute Gasteiger partial charge is 0.392 e. The molecule has 49 heavy (non-hydrogen) atoms. The summed E-state index contributed by atoms with van der Waals surface area (Å²) in [5.74, 6) is 0.120. The zero-order valence-electron chi connectivity index (χ0n) is 29.2. The molecule has 2 aliphatic heterocycles. The fourth-order valence-corrected chi connectivity index (χ4v) is 6.94. The lowest BCUT2D eigenvalue weighted by atomic mass is 9.89. The van der Waals surface area contributed by atoms with Crippen LogP contribution in [-0.4, -0.2) is 67.3 Å². The molecule has 0 aliphatic carbocycles. The van der Waals surface area contributed by atoms with E-state index in [4.69, 9.17) is 14.2 Å². The van der Waals surface area contributed by atoms with Crippen LogP contribution in [0.2, 0.25) is 0 Å². The van der Waals surface area contributed by atoms with Crippen LogP contribution in [0.4, 0.5) is 0 Å². The molecular formula is C40H53N3O6. The number of nitrogens with one attached hydrogen (secondary N) is 2. The van der Waals surface area contributed by atoms with Gasteiger partial charge in [0.05, 0.1) is 25.4 Å². The van der Waals surface area contributed by atoms with E-state index in [2.05, 4.69) is 64.9 Å². The van der Waals surface area contributed by atoms with E-state index in [0.29, 0.717) is 25.6 Å². The Balaban J connectivity index is 1.27. The van der Waals surface area contributed by atoms with Crippen LogP contribution in [0.25, 0.3) is 11.1 Å². The monoisotopic (exact) mass is 671 g/mol. The molecule has 5 unspecified atom stereocenters. The van der Waals surface area contributed by atoms with Crippen LogP contribution in [0.5, 0.6) is 0 Å². The molecule has 2 heterocycles. The number of carbonyl (C=O) groups excluding carboxylic acids is 2. The van der Waals surface area contributed by atoms with E-state index in [1.165, 1.54) is 6.92 Å². The molecule has 3 N–H and O–H groups in total. The molecule has 2 saturated heterocycles. The minimum Gasteiger partial charge on any atom is -0.392 e. The summed E-state index contributed by atoms with van der Waals surface area (Å²) in [6.45, 7) is 7.41. The van der Waals surface area contributed by atoms with Crippen LogP contribution >= 0.6 is 0 Å². The van der Waals surface area contributed by atoms with Gasteiger partial charge < -0.3 is 30.0 Å².